The number of aromatic amines is 1. The molecule has 0 bridgehead atoms. The van der Waals surface area contributed by atoms with Crippen molar-refractivity contribution in [2.45, 2.75) is 12.5 Å². The Morgan fingerprint density at radius 2 is 2.23 bits per heavy atom. The number of amides is 1. The second-order valence-electron chi connectivity index (χ2n) is 7.29. The average molecular weight is 497 g/mol. The number of thiazole rings is 1. The van der Waals surface area contributed by atoms with Crippen LogP contribution in [0.25, 0.3) is 15.7 Å². The number of hydrogen-bond donors (Lipinski definition) is 1. The molecule has 0 unspecified atom stereocenters. The summed E-state index contributed by atoms with van der Waals surface area (Å²) in [5.74, 6) is -0.476. The van der Waals surface area contributed by atoms with Gasteiger partial charge in [-0.2, -0.15) is 5.10 Å². The summed E-state index contributed by atoms with van der Waals surface area (Å²) in [4.78, 5) is 27.8. The van der Waals surface area contributed by atoms with Gasteiger partial charge in [-0.25, -0.2) is 18.9 Å². The van der Waals surface area contributed by atoms with Crippen molar-refractivity contribution < 1.29 is 9.18 Å². The lowest BCUT2D eigenvalue weighted by Gasteiger charge is -2.33. The summed E-state index contributed by atoms with van der Waals surface area (Å²) in [6.45, 7) is 0.489. The summed E-state index contributed by atoms with van der Waals surface area (Å²) < 4.78 is 17.4. The first kappa shape index (κ1) is 18.6. The molecule has 6 rings (SSSR count). The van der Waals surface area contributed by atoms with Gasteiger partial charge < -0.3 is 9.88 Å². The lowest BCUT2D eigenvalue weighted by atomic mass is 10.0. The minimum Gasteiger partial charge on any atom is -0.348 e. The topological polar surface area (TPSA) is 79.2 Å². The van der Waals surface area contributed by atoms with Gasteiger partial charge in [-0.05, 0) is 24.3 Å². The second-order valence-corrected chi connectivity index (χ2v) is 9.24. The van der Waals surface area contributed by atoms with E-state index in [9.17, 15) is 9.18 Å². The molecule has 1 N–H and O–H groups in total. The molecule has 1 aliphatic heterocycles. The zero-order valence-corrected chi connectivity index (χ0v) is 18.3. The SMILES string of the molecule is O=C(c1cnn2ccc(Br)cc12)N1CCc2[nH]cnc2[C@H]1c1nc2cccc(F)c2s1. The highest BCUT2D eigenvalue weighted by atomic mass is 79.9. The van der Waals surface area contributed by atoms with Crippen LogP contribution >= 0.6 is 27.3 Å². The van der Waals surface area contributed by atoms with Crippen LogP contribution in [0.3, 0.4) is 0 Å². The van der Waals surface area contributed by atoms with E-state index in [1.54, 1.807) is 40.3 Å². The fourth-order valence-corrected chi connectivity index (χ4v) is 5.49. The van der Waals surface area contributed by atoms with Gasteiger partial charge in [0.05, 0.1) is 39.5 Å². The molecular formula is C21H14BrFN6OS. The van der Waals surface area contributed by atoms with E-state index < -0.39 is 6.04 Å². The van der Waals surface area contributed by atoms with Gasteiger partial charge in [-0.15, -0.1) is 11.3 Å². The van der Waals surface area contributed by atoms with Gasteiger partial charge in [0.2, 0.25) is 0 Å². The number of nitrogens with one attached hydrogen (secondary N) is 1. The smallest absolute Gasteiger partial charge is 0.258 e. The van der Waals surface area contributed by atoms with E-state index in [4.69, 9.17) is 0 Å². The van der Waals surface area contributed by atoms with Crippen molar-refractivity contribution in [2.24, 2.45) is 0 Å². The maximum Gasteiger partial charge on any atom is 0.258 e. The monoisotopic (exact) mass is 496 g/mol. The average Bonchev–Trinajstić information content (AvgIpc) is 3.50. The molecule has 1 atom stereocenters. The van der Waals surface area contributed by atoms with Crippen LogP contribution in [-0.2, 0) is 6.42 Å². The Labute approximate surface area is 187 Å². The van der Waals surface area contributed by atoms with Crippen LogP contribution in [0.15, 0.2) is 53.5 Å². The van der Waals surface area contributed by atoms with E-state index in [0.717, 1.165) is 15.9 Å². The molecule has 1 aromatic carbocycles. The van der Waals surface area contributed by atoms with Crippen molar-refractivity contribution in [1.29, 1.82) is 0 Å². The number of carbonyl (C=O) groups is 1. The Bertz CT molecular complexity index is 1470. The van der Waals surface area contributed by atoms with Crippen molar-refractivity contribution in [3.63, 3.8) is 0 Å². The predicted molar refractivity (Wildman–Crippen MR) is 118 cm³/mol. The molecule has 10 heteroatoms. The van der Waals surface area contributed by atoms with E-state index in [2.05, 4.69) is 36.0 Å². The highest BCUT2D eigenvalue weighted by molar-refractivity contribution is 9.10. The van der Waals surface area contributed by atoms with Crippen molar-refractivity contribution in [3.8, 4) is 0 Å². The zero-order valence-electron chi connectivity index (χ0n) is 15.9. The van der Waals surface area contributed by atoms with Crippen molar-refractivity contribution in [2.75, 3.05) is 6.54 Å². The summed E-state index contributed by atoms with van der Waals surface area (Å²) in [7, 11) is 0. The van der Waals surface area contributed by atoms with Crippen molar-refractivity contribution in [1.82, 2.24) is 29.5 Å². The summed E-state index contributed by atoms with van der Waals surface area (Å²) in [5, 5.41) is 4.96. The predicted octanol–water partition coefficient (Wildman–Crippen LogP) is 4.36. The molecule has 4 aromatic heterocycles. The van der Waals surface area contributed by atoms with Gasteiger partial charge in [0.25, 0.3) is 5.91 Å². The molecule has 1 amide bonds. The highest BCUT2D eigenvalue weighted by Gasteiger charge is 2.37. The largest absolute Gasteiger partial charge is 0.348 e. The van der Waals surface area contributed by atoms with Crippen LogP contribution < -0.4 is 0 Å². The fraction of sp³-hybridized carbons (Fsp3) is 0.143. The van der Waals surface area contributed by atoms with Crippen LogP contribution in [-0.4, -0.2) is 41.9 Å². The number of H-pyrrole nitrogens is 1. The number of aromatic nitrogens is 5. The Morgan fingerprint density at radius 3 is 3.10 bits per heavy atom. The lowest BCUT2D eigenvalue weighted by molar-refractivity contribution is 0.0692. The van der Waals surface area contributed by atoms with Crippen molar-refractivity contribution >= 4 is 48.9 Å². The Hall–Kier alpha value is -3.11. The maximum absolute atomic E-state index is 14.3. The molecule has 0 saturated carbocycles. The molecule has 0 spiro atoms. The number of hydrogen-bond acceptors (Lipinski definition) is 5. The maximum atomic E-state index is 14.3. The summed E-state index contributed by atoms with van der Waals surface area (Å²) >= 11 is 4.72. The summed E-state index contributed by atoms with van der Waals surface area (Å²) in [5.41, 5.74) is 3.50. The molecule has 0 radical (unpaired) electrons. The molecule has 0 fully saturated rings. The quantitative estimate of drug-likeness (QED) is 0.393. The molecular weight excluding hydrogens is 483 g/mol. The number of imidazole rings is 1. The molecule has 0 aliphatic carbocycles. The van der Waals surface area contributed by atoms with E-state index in [1.165, 1.54) is 17.4 Å². The molecule has 1 aliphatic rings. The van der Waals surface area contributed by atoms with Crippen LogP contribution in [0.4, 0.5) is 4.39 Å². The number of pyridine rings is 1. The third-order valence-electron chi connectivity index (χ3n) is 5.52. The van der Waals surface area contributed by atoms with Gasteiger partial charge in [0.15, 0.2) is 0 Å². The normalized spacial score (nSPS) is 16.2. The Kier molecular flexibility index (Phi) is 4.19. The Balaban J connectivity index is 1.50. The van der Waals surface area contributed by atoms with Gasteiger partial charge in [0.1, 0.15) is 16.9 Å². The molecule has 0 saturated heterocycles. The van der Waals surface area contributed by atoms with Gasteiger partial charge in [-0.1, -0.05) is 22.0 Å². The number of rotatable bonds is 2. The molecule has 5 aromatic rings. The van der Waals surface area contributed by atoms with Gasteiger partial charge in [-0.3, -0.25) is 4.79 Å². The number of benzene rings is 1. The number of carbonyl (C=O) groups excluding carboxylic acids is 1. The third kappa shape index (κ3) is 2.89. The molecule has 31 heavy (non-hydrogen) atoms. The standard InChI is InChI=1S/C21H14BrFN6OS/c22-11-4-7-29-16(8-11)12(9-26-29)21(30)28-6-5-14-17(25-10-24-14)18(28)20-27-15-3-1-2-13(23)19(15)31-20/h1-4,7-10,18H,5-6H2,(H,24,25)/t18-/m0/s1. The van der Waals surface area contributed by atoms with Gasteiger partial charge in [0, 0.05) is 29.3 Å². The van der Waals surface area contributed by atoms with Crippen LogP contribution in [0.1, 0.15) is 32.8 Å². The molecule has 7 nitrogen and oxygen atoms in total. The van der Waals surface area contributed by atoms with Crippen LogP contribution in [0, 0.1) is 5.82 Å². The first-order chi connectivity index (χ1) is 15.1. The number of fused-ring (bicyclic) bond motifs is 3. The molecule has 154 valence electrons. The number of nitrogens with zero attached hydrogens (tertiary/aromatic N) is 5. The first-order valence-electron chi connectivity index (χ1n) is 9.61. The van der Waals surface area contributed by atoms with E-state index in [-0.39, 0.29) is 11.7 Å². The van der Waals surface area contributed by atoms with Crippen LogP contribution in [0.5, 0.6) is 0 Å². The highest BCUT2D eigenvalue weighted by Crippen LogP contribution is 2.39. The lowest BCUT2D eigenvalue weighted by Crippen LogP contribution is -2.40. The zero-order chi connectivity index (χ0) is 21.1. The third-order valence-corrected chi connectivity index (χ3v) is 7.14. The minimum atomic E-state index is -0.499. The van der Waals surface area contributed by atoms with E-state index >= 15 is 0 Å². The van der Waals surface area contributed by atoms with Gasteiger partial charge >= 0.3 is 0 Å². The summed E-state index contributed by atoms with van der Waals surface area (Å²) in [6.07, 6.45) is 5.66. The van der Waals surface area contributed by atoms with Crippen LogP contribution in [0.2, 0.25) is 0 Å². The van der Waals surface area contributed by atoms with E-state index in [1.807, 2.05) is 12.1 Å². The second kappa shape index (κ2) is 6.96. The minimum absolute atomic E-state index is 0.161. The van der Waals surface area contributed by atoms with Crippen molar-refractivity contribution in [3.05, 3.63) is 81.3 Å². The summed E-state index contributed by atoms with van der Waals surface area (Å²) in [6, 6.07) is 8.07. The van der Waals surface area contributed by atoms with E-state index in [0.29, 0.717) is 39.3 Å². The number of halogens is 2. The Morgan fingerprint density at radius 1 is 1.32 bits per heavy atom. The first-order valence-corrected chi connectivity index (χ1v) is 11.2. The molecule has 5 heterocycles. The fourth-order valence-electron chi connectivity index (χ4n) is 4.07.